The third kappa shape index (κ3) is 1.79. The molecule has 2 rings (SSSR count). The second-order valence-corrected chi connectivity index (χ2v) is 3.44. The van der Waals surface area contributed by atoms with Crippen LogP contribution in [0.15, 0.2) is 34.9 Å². The van der Waals surface area contributed by atoms with Gasteiger partial charge in [-0.3, -0.25) is 4.79 Å². The predicted octanol–water partition coefficient (Wildman–Crippen LogP) is 1.35. The van der Waals surface area contributed by atoms with E-state index >= 15 is 0 Å². The van der Waals surface area contributed by atoms with E-state index in [1.54, 1.807) is 11.2 Å². The van der Waals surface area contributed by atoms with Gasteiger partial charge in [-0.1, -0.05) is 12.1 Å². The number of anilines is 1. The van der Waals surface area contributed by atoms with Crippen molar-refractivity contribution in [3.05, 3.63) is 30.5 Å². The van der Waals surface area contributed by atoms with Crippen LogP contribution in [0.4, 0.5) is 5.69 Å². The Hall–Kier alpha value is -1.97. The van der Waals surface area contributed by atoms with Crippen molar-refractivity contribution in [1.29, 1.82) is 0 Å². The van der Waals surface area contributed by atoms with E-state index in [4.69, 9.17) is 10.2 Å². The summed E-state index contributed by atoms with van der Waals surface area (Å²) in [5, 5.41) is 0.987. The lowest BCUT2D eigenvalue weighted by molar-refractivity contribution is -0.116. The maximum atomic E-state index is 10.8. The van der Waals surface area contributed by atoms with E-state index < -0.39 is 0 Å². The first kappa shape index (κ1) is 9.58. The number of nitrogens with zero attached hydrogens (tertiary/aromatic N) is 1. The summed E-state index contributed by atoms with van der Waals surface area (Å²) in [4.78, 5) is 12.6. The monoisotopic (exact) mass is 204 g/mol. The first-order valence-corrected chi connectivity index (χ1v) is 4.64. The van der Waals surface area contributed by atoms with E-state index in [-0.39, 0.29) is 12.5 Å². The van der Waals surface area contributed by atoms with Gasteiger partial charge in [0.2, 0.25) is 5.91 Å². The summed E-state index contributed by atoms with van der Waals surface area (Å²) in [5.74, 6) is -0.359. The van der Waals surface area contributed by atoms with Gasteiger partial charge in [0.15, 0.2) is 0 Å². The van der Waals surface area contributed by atoms with Gasteiger partial charge in [0.25, 0.3) is 0 Å². The largest absolute Gasteiger partial charge is 0.462 e. The van der Waals surface area contributed by atoms with Crippen LogP contribution in [0.2, 0.25) is 0 Å². The topological polar surface area (TPSA) is 59.5 Å². The highest BCUT2D eigenvalue weighted by Gasteiger charge is 2.10. The summed E-state index contributed by atoms with van der Waals surface area (Å²) in [6, 6.07) is 7.67. The first-order valence-electron chi connectivity index (χ1n) is 4.64. The number of carbonyl (C=O) groups excluding carboxylic acids is 1. The molecule has 1 heterocycles. The van der Waals surface area contributed by atoms with E-state index in [1.807, 2.05) is 31.3 Å². The summed E-state index contributed by atoms with van der Waals surface area (Å²) in [6.45, 7) is 0.184. The van der Waals surface area contributed by atoms with Crippen LogP contribution in [0.1, 0.15) is 0 Å². The number of carbonyl (C=O) groups is 1. The quantitative estimate of drug-likeness (QED) is 0.821. The van der Waals surface area contributed by atoms with Gasteiger partial charge in [0.05, 0.1) is 12.2 Å². The number of hydrogen-bond acceptors (Lipinski definition) is 3. The van der Waals surface area contributed by atoms with Crippen LogP contribution < -0.4 is 10.6 Å². The van der Waals surface area contributed by atoms with Crippen LogP contribution in [0, 0.1) is 0 Å². The Labute approximate surface area is 87.3 Å². The number of amides is 1. The molecule has 0 fully saturated rings. The van der Waals surface area contributed by atoms with Crippen LogP contribution in [-0.2, 0) is 4.79 Å². The molecule has 0 saturated heterocycles. The number of furan rings is 1. The van der Waals surface area contributed by atoms with Crippen molar-refractivity contribution in [2.45, 2.75) is 0 Å². The molecule has 0 bridgehead atoms. The van der Waals surface area contributed by atoms with Gasteiger partial charge in [-0.15, -0.1) is 0 Å². The van der Waals surface area contributed by atoms with Crippen LogP contribution in [0.5, 0.6) is 0 Å². The molecule has 0 radical (unpaired) electrons. The second-order valence-electron chi connectivity index (χ2n) is 3.44. The van der Waals surface area contributed by atoms with Crippen molar-refractivity contribution in [3.63, 3.8) is 0 Å². The number of hydrogen-bond donors (Lipinski definition) is 1. The summed E-state index contributed by atoms with van der Waals surface area (Å²) < 4.78 is 5.36. The highest BCUT2D eigenvalue weighted by Crippen LogP contribution is 2.27. The predicted molar refractivity (Wildman–Crippen MR) is 58.7 cm³/mol. The molecule has 15 heavy (non-hydrogen) atoms. The van der Waals surface area contributed by atoms with Crippen LogP contribution in [-0.4, -0.2) is 19.5 Å². The molecule has 78 valence electrons. The normalized spacial score (nSPS) is 10.5. The lowest BCUT2D eigenvalue weighted by atomic mass is 10.2. The Morgan fingerprint density at radius 1 is 1.47 bits per heavy atom. The second kappa shape index (κ2) is 3.65. The van der Waals surface area contributed by atoms with Crippen molar-refractivity contribution in [2.75, 3.05) is 18.5 Å². The van der Waals surface area contributed by atoms with Crippen molar-refractivity contribution >= 4 is 22.6 Å². The maximum absolute atomic E-state index is 10.8. The Morgan fingerprint density at radius 2 is 2.20 bits per heavy atom. The third-order valence-corrected chi connectivity index (χ3v) is 2.26. The Balaban J connectivity index is 2.39. The molecule has 0 atom stereocenters. The summed E-state index contributed by atoms with van der Waals surface area (Å²) in [6.07, 6.45) is 1.63. The summed E-state index contributed by atoms with van der Waals surface area (Å²) in [5.41, 5.74) is 6.82. The zero-order valence-electron chi connectivity index (χ0n) is 8.43. The molecule has 0 saturated carbocycles. The van der Waals surface area contributed by atoms with Crippen LogP contribution in [0.3, 0.4) is 0 Å². The van der Waals surface area contributed by atoms with E-state index in [1.165, 1.54) is 0 Å². The fourth-order valence-corrected chi connectivity index (χ4v) is 1.58. The molecule has 0 unspecified atom stereocenters. The van der Waals surface area contributed by atoms with Gasteiger partial charge in [-0.2, -0.15) is 0 Å². The van der Waals surface area contributed by atoms with Gasteiger partial charge in [0.1, 0.15) is 11.8 Å². The van der Waals surface area contributed by atoms with Crippen LogP contribution in [0.25, 0.3) is 11.0 Å². The van der Waals surface area contributed by atoms with Crippen molar-refractivity contribution < 1.29 is 9.21 Å². The van der Waals surface area contributed by atoms with Gasteiger partial charge < -0.3 is 15.1 Å². The first-order chi connectivity index (χ1) is 7.18. The van der Waals surface area contributed by atoms with Gasteiger partial charge >= 0.3 is 0 Å². The highest BCUT2D eigenvalue weighted by molar-refractivity contribution is 5.92. The summed E-state index contributed by atoms with van der Waals surface area (Å²) in [7, 11) is 1.81. The number of para-hydroxylation sites is 1. The number of fused-ring (bicyclic) bond motifs is 1. The van der Waals surface area contributed by atoms with Crippen molar-refractivity contribution in [1.82, 2.24) is 0 Å². The summed E-state index contributed by atoms with van der Waals surface area (Å²) >= 11 is 0. The van der Waals surface area contributed by atoms with Crippen LogP contribution >= 0.6 is 0 Å². The molecular formula is C11H12N2O2. The SMILES string of the molecule is CN(CC(N)=O)c1coc2ccccc12. The van der Waals surface area contributed by atoms with E-state index in [0.717, 1.165) is 16.7 Å². The molecule has 0 aliphatic carbocycles. The molecule has 4 heteroatoms. The standard InChI is InChI=1S/C11H12N2O2/c1-13(6-11(12)14)9-7-15-10-5-3-2-4-8(9)10/h2-5,7H,6H2,1H3,(H2,12,14). The lowest BCUT2D eigenvalue weighted by Gasteiger charge is -2.14. The molecule has 1 aromatic heterocycles. The minimum absolute atomic E-state index is 0.184. The molecule has 2 N–H and O–H groups in total. The Kier molecular flexibility index (Phi) is 2.33. The number of rotatable bonds is 3. The minimum Gasteiger partial charge on any atom is -0.462 e. The van der Waals surface area contributed by atoms with E-state index in [2.05, 4.69) is 0 Å². The number of benzene rings is 1. The van der Waals surface area contributed by atoms with E-state index in [9.17, 15) is 4.79 Å². The molecule has 4 nitrogen and oxygen atoms in total. The smallest absolute Gasteiger partial charge is 0.236 e. The highest BCUT2D eigenvalue weighted by atomic mass is 16.3. The maximum Gasteiger partial charge on any atom is 0.236 e. The van der Waals surface area contributed by atoms with Crippen molar-refractivity contribution in [3.8, 4) is 0 Å². The number of primary amides is 1. The fraction of sp³-hybridized carbons (Fsp3) is 0.182. The molecular weight excluding hydrogens is 192 g/mol. The molecule has 2 aromatic rings. The zero-order valence-corrected chi connectivity index (χ0v) is 8.43. The van der Waals surface area contributed by atoms with E-state index in [0.29, 0.717) is 0 Å². The minimum atomic E-state index is -0.359. The lowest BCUT2D eigenvalue weighted by Crippen LogP contribution is -2.30. The zero-order chi connectivity index (χ0) is 10.8. The molecule has 0 aliphatic rings. The van der Waals surface area contributed by atoms with Gasteiger partial charge in [-0.25, -0.2) is 0 Å². The number of likely N-dealkylation sites (N-methyl/N-ethyl adjacent to an activating group) is 1. The molecule has 0 spiro atoms. The van der Waals surface area contributed by atoms with Gasteiger partial charge in [-0.05, 0) is 12.1 Å². The Morgan fingerprint density at radius 3 is 2.93 bits per heavy atom. The average molecular weight is 204 g/mol. The number of nitrogens with two attached hydrogens (primary N) is 1. The third-order valence-electron chi connectivity index (χ3n) is 2.26. The molecule has 1 aromatic carbocycles. The van der Waals surface area contributed by atoms with Crippen molar-refractivity contribution in [2.24, 2.45) is 5.73 Å². The Bertz CT molecular complexity index is 490. The molecule has 1 amide bonds. The van der Waals surface area contributed by atoms with Gasteiger partial charge in [0, 0.05) is 12.4 Å². The molecule has 0 aliphatic heterocycles. The average Bonchev–Trinajstić information content (AvgIpc) is 2.59. The fourth-order valence-electron chi connectivity index (χ4n) is 1.58.